The maximum atomic E-state index is 10.9. The largest absolute Gasteiger partial charge is 0.477 e. The van der Waals surface area contributed by atoms with Crippen LogP contribution in [0.15, 0.2) is 24.3 Å². The summed E-state index contributed by atoms with van der Waals surface area (Å²) in [7, 11) is 0. The van der Waals surface area contributed by atoms with Crippen molar-refractivity contribution in [1.29, 1.82) is 0 Å². The number of nitrogens with zero attached hydrogens (tertiary/aromatic N) is 1. The number of carboxylic acid groups (broad SMARTS) is 1. The smallest absolute Gasteiger partial charge is 0.352 e. The fourth-order valence-electron chi connectivity index (χ4n) is 2.02. The summed E-state index contributed by atoms with van der Waals surface area (Å²) in [6.45, 7) is 6.09. The maximum Gasteiger partial charge on any atom is 0.352 e. The molecule has 0 radical (unpaired) electrons. The number of aromatic amines is 1. The molecule has 2 aromatic rings. The minimum atomic E-state index is -0.925. The molecule has 4 heteroatoms. The number of benzene rings is 1. The molecule has 0 atom stereocenters. The van der Waals surface area contributed by atoms with Crippen LogP contribution < -0.4 is 4.90 Å². The molecule has 0 aliphatic rings. The van der Waals surface area contributed by atoms with Crippen LogP contribution in [0.25, 0.3) is 10.9 Å². The third kappa shape index (κ3) is 2.11. The second-order valence-corrected chi connectivity index (χ2v) is 3.93. The molecule has 1 aromatic heterocycles. The Labute approximate surface area is 99.9 Å². The van der Waals surface area contributed by atoms with Crippen LogP contribution in [0.5, 0.6) is 0 Å². The highest BCUT2D eigenvalue weighted by molar-refractivity contribution is 5.94. The first kappa shape index (κ1) is 11.5. The van der Waals surface area contributed by atoms with Crippen LogP contribution in [0.4, 0.5) is 5.69 Å². The summed E-state index contributed by atoms with van der Waals surface area (Å²) >= 11 is 0. The second kappa shape index (κ2) is 4.49. The third-order valence-electron chi connectivity index (χ3n) is 2.96. The minimum absolute atomic E-state index is 0.233. The SMILES string of the molecule is CCN(CC)c1ccc2[nH]c(C(=O)O)cc2c1. The molecular formula is C13H16N2O2. The lowest BCUT2D eigenvalue weighted by atomic mass is 10.2. The van der Waals surface area contributed by atoms with Crippen molar-refractivity contribution in [2.75, 3.05) is 18.0 Å². The fraction of sp³-hybridized carbons (Fsp3) is 0.308. The van der Waals surface area contributed by atoms with Gasteiger partial charge in [-0.3, -0.25) is 0 Å². The molecule has 0 fully saturated rings. The molecule has 2 rings (SSSR count). The molecule has 0 aliphatic carbocycles. The Morgan fingerprint density at radius 1 is 1.29 bits per heavy atom. The van der Waals surface area contributed by atoms with Crippen LogP contribution in [-0.2, 0) is 0 Å². The molecule has 1 heterocycles. The fourth-order valence-corrected chi connectivity index (χ4v) is 2.02. The molecule has 0 spiro atoms. The van der Waals surface area contributed by atoms with Gasteiger partial charge in [0.05, 0.1) is 0 Å². The normalized spacial score (nSPS) is 10.7. The van der Waals surface area contributed by atoms with Gasteiger partial charge >= 0.3 is 5.97 Å². The van der Waals surface area contributed by atoms with Crippen molar-refractivity contribution < 1.29 is 9.90 Å². The number of anilines is 1. The lowest BCUT2D eigenvalue weighted by molar-refractivity contribution is 0.0691. The summed E-state index contributed by atoms with van der Waals surface area (Å²) in [6, 6.07) is 7.63. The Kier molecular flexibility index (Phi) is 3.04. The van der Waals surface area contributed by atoms with Gasteiger partial charge in [-0.05, 0) is 38.1 Å². The van der Waals surface area contributed by atoms with Crippen molar-refractivity contribution >= 4 is 22.6 Å². The van der Waals surface area contributed by atoms with E-state index in [-0.39, 0.29) is 5.69 Å². The summed E-state index contributed by atoms with van der Waals surface area (Å²) in [5.74, 6) is -0.925. The maximum absolute atomic E-state index is 10.9. The first-order chi connectivity index (χ1) is 8.15. The summed E-state index contributed by atoms with van der Waals surface area (Å²) in [6.07, 6.45) is 0. The zero-order valence-electron chi connectivity index (χ0n) is 10.0. The topological polar surface area (TPSA) is 56.3 Å². The van der Waals surface area contributed by atoms with Crippen LogP contribution in [0.3, 0.4) is 0 Å². The van der Waals surface area contributed by atoms with E-state index in [4.69, 9.17) is 5.11 Å². The Hall–Kier alpha value is -1.97. The molecule has 0 bridgehead atoms. The van der Waals surface area contributed by atoms with Gasteiger partial charge in [0.25, 0.3) is 0 Å². The van der Waals surface area contributed by atoms with E-state index in [1.54, 1.807) is 6.07 Å². The molecule has 0 amide bonds. The van der Waals surface area contributed by atoms with Crippen LogP contribution in [0, 0.1) is 0 Å². The first-order valence-electron chi connectivity index (χ1n) is 5.76. The van der Waals surface area contributed by atoms with Gasteiger partial charge in [0.2, 0.25) is 0 Å². The summed E-state index contributed by atoms with van der Waals surface area (Å²) < 4.78 is 0. The molecule has 0 saturated heterocycles. The number of nitrogens with one attached hydrogen (secondary N) is 1. The van der Waals surface area contributed by atoms with Crippen LogP contribution in [0.1, 0.15) is 24.3 Å². The van der Waals surface area contributed by atoms with E-state index in [0.717, 1.165) is 29.7 Å². The van der Waals surface area contributed by atoms with Gasteiger partial charge in [0.1, 0.15) is 5.69 Å². The zero-order chi connectivity index (χ0) is 12.4. The molecule has 90 valence electrons. The number of rotatable bonds is 4. The van der Waals surface area contributed by atoms with E-state index in [2.05, 4.69) is 23.7 Å². The van der Waals surface area contributed by atoms with Crippen molar-refractivity contribution in [3.8, 4) is 0 Å². The number of H-pyrrole nitrogens is 1. The van der Waals surface area contributed by atoms with Crippen molar-refractivity contribution in [2.45, 2.75) is 13.8 Å². The van der Waals surface area contributed by atoms with Gasteiger partial charge in [-0.2, -0.15) is 0 Å². The van der Waals surface area contributed by atoms with E-state index in [0.29, 0.717) is 0 Å². The van der Waals surface area contributed by atoms with Gasteiger partial charge in [-0.15, -0.1) is 0 Å². The van der Waals surface area contributed by atoms with Gasteiger partial charge in [0.15, 0.2) is 0 Å². The van der Waals surface area contributed by atoms with E-state index in [1.165, 1.54) is 0 Å². The molecular weight excluding hydrogens is 216 g/mol. The number of aromatic carboxylic acids is 1. The zero-order valence-corrected chi connectivity index (χ0v) is 10.0. The molecule has 1 aromatic carbocycles. The number of carboxylic acids is 1. The standard InChI is InChI=1S/C13H16N2O2/c1-3-15(4-2)10-5-6-11-9(7-10)8-12(14-11)13(16)17/h5-8,14H,3-4H2,1-2H3,(H,16,17). The Morgan fingerprint density at radius 3 is 2.59 bits per heavy atom. The van der Waals surface area contributed by atoms with Crippen molar-refractivity contribution in [1.82, 2.24) is 4.98 Å². The van der Waals surface area contributed by atoms with E-state index < -0.39 is 5.97 Å². The summed E-state index contributed by atoms with van der Waals surface area (Å²) in [5, 5.41) is 9.85. The van der Waals surface area contributed by atoms with Crippen LogP contribution >= 0.6 is 0 Å². The molecule has 2 N–H and O–H groups in total. The highest BCUT2D eigenvalue weighted by atomic mass is 16.4. The number of hydrogen-bond acceptors (Lipinski definition) is 2. The third-order valence-corrected chi connectivity index (χ3v) is 2.96. The lowest BCUT2D eigenvalue weighted by Gasteiger charge is -2.20. The number of hydrogen-bond donors (Lipinski definition) is 2. The van der Waals surface area contributed by atoms with Crippen LogP contribution in [-0.4, -0.2) is 29.1 Å². The molecule has 17 heavy (non-hydrogen) atoms. The van der Waals surface area contributed by atoms with Gasteiger partial charge in [-0.25, -0.2) is 4.79 Å². The second-order valence-electron chi connectivity index (χ2n) is 3.93. The molecule has 0 saturated carbocycles. The van der Waals surface area contributed by atoms with Crippen molar-refractivity contribution in [3.05, 3.63) is 30.0 Å². The van der Waals surface area contributed by atoms with Gasteiger partial charge in [0, 0.05) is 29.7 Å². The van der Waals surface area contributed by atoms with E-state index in [9.17, 15) is 4.79 Å². The highest BCUT2D eigenvalue weighted by Gasteiger charge is 2.09. The highest BCUT2D eigenvalue weighted by Crippen LogP contribution is 2.22. The Bertz CT molecular complexity index is 541. The number of fused-ring (bicyclic) bond motifs is 1. The Balaban J connectivity index is 2.46. The molecule has 4 nitrogen and oxygen atoms in total. The summed E-state index contributed by atoms with van der Waals surface area (Å²) in [5.41, 5.74) is 2.22. The Morgan fingerprint density at radius 2 is 2.00 bits per heavy atom. The van der Waals surface area contributed by atoms with Gasteiger partial charge < -0.3 is 15.0 Å². The first-order valence-corrected chi connectivity index (χ1v) is 5.76. The van der Waals surface area contributed by atoms with E-state index >= 15 is 0 Å². The summed E-state index contributed by atoms with van der Waals surface area (Å²) in [4.78, 5) is 16.0. The average Bonchev–Trinajstić information content (AvgIpc) is 2.74. The predicted molar refractivity (Wildman–Crippen MR) is 68.8 cm³/mol. The van der Waals surface area contributed by atoms with Crippen LogP contribution in [0.2, 0.25) is 0 Å². The number of aromatic nitrogens is 1. The molecule has 0 aliphatic heterocycles. The monoisotopic (exact) mass is 232 g/mol. The van der Waals surface area contributed by atoms with Gasteiger partial charge in [-0.1, -0.05) is 0 Å². The quantitative estimate of drug-likeness (QED) is 0.852. The number of carbonyl (C=O) groups is 1. The molecule has 0 unspecified atom stereocenters. The minimum Gasteiger partial charge on any atom is -0.477 e. The van der Waals surface area contributed by atoms with E-state index in [1.807, 2.05) is 18.2 Å². The average molecular weight is 232 g/mol. The van der Waals surface area contributed by atoms with Crippen molar-refractivity contribution in [3.63, 3.8) is 0 Å². The lowest BCUT2D eigenvalue weighted by Crippen LogP contribution is -2.21. The predicted octanol–water partition coefficient (Wildman–Crippen LogP) is 2.71. The van der Waals surface area contributed by atoms with Crippen molar-refractivity contribution in [2.24, 2.45) is 0 Å².